The van der Waals surface area contributed by atoms with Crippen molar-refractivity contribution in [2.75, 3.05) is 5.73 Å². The molecule has 0 saturated carbocycles. The highest BCUT2D eigenvalue weighted by atomic mass is 14.6. The van der Waals surface area contributed by atoms with Crippen LogP contribution >= 0.6 is 0 Å². The first-order valence-electron chi connectivity index (χ1n) is 6.43. The second-order valence-corrected chi connectivity index (χ2v) is 5.93. The van der Waals surface area contributed by atoms with Crippen LogP contribution in [0.1, 0.15) is 36.1 Å². The van der Waals surface area contributed by atoms with Crippen molar-refractivity contribution in [3.63, 3.8) is 0 Å². The van der Waals surface area contributed by atoms with Crippen molar-refractivity contribution in [3.05, 3.63) is 52.6 Å². The van der Waals surface area contributed by atoms with Crippen molar-refractivity contribution < 1.29 is 0 Å². The molecule has 1 aliphatic rings. The second kappa shape index (κ2) is 3.38. The summed E-state index contributed by atoms with van der Waals surface area (Å²) in [5.74, 6) is 0. The van der Waals surface area contributed by atoms with E-state index in [-0.39, 0.29) is 5.41 Å². The molecule has 0 bridgehead atoms. The molecule has 2 aromatic carbocycles. The first-order chi connectivity index (χ1) is 8.41. The quantitative estimate of drug-likeness (QED) is 0.683. The smallest absolute Gasteiger partial charge is 0.0350 e. The molecular weight excluding hydrogens is 218 g/mol. The summed E-state index contributed by atoms with van der Waals surface area (Å²) in [6, 6.07) is 11.1. The molecule has 0 atom stereocenters. The molecule has 0 radical (unpaired) electrons. The lowest BCUT2D eigenvalue weighted by Crippen LogP contribution is -2.15. The van der Waals surface area contributed by atoms with E-state index in [9.17, 15) is 0 Å². The van der Waals surface area contributed by atoms with Gasteiger partial charge in [-0.2, -0.15) is 0 Å². The maximum Gasteiger partial charge on any atom is 0.0350 e. The summed E-state index contributed by atoms with van der Waals surface area (Å²) in [5.41, 5.74) is 15.0. The van der Waals surface area contributed by atoms with Crippen LogP contribution in [0.15, 0.2) is 30.3 Å². The first-order valence-corrected chi connectivity index (χ1v) is 6.43. The third-order valence-electron chi connectivity index (χ3n) is 4.22. The topological polar surface area (TPSA) is 26.0 Å². The number of nitrogen functional groups attached to an aromatic ring is 1. The number of aryl methyl sites for hydroxylation is 2. The van der Waals surface area contributed by atoms with Gasteiger partial charge in [0.25, 0.3) is 0 Å². The van der Waals surface area contributed by atoms with E-state index < -0.39 is 0 Å². The van der Waals surface area contributed by atoms with E-state index in [1.807, 2.05) is 0 Å². The molecule has 0 aromatic heterocycles. The van der Waals surface area contributed by atoms with Gasteiger partial charge in [-0.1, -0.05) is 43.7 Å². The maximum absolute atomic E-state index is 6.08. The molecule has 2 N–H and O–H groups in total. The minimum atomic E-state index is 0.0802. The van der Waals surface area contributed by atoms with E-state index >= 15 is 0 Å². The molecule has 0 fully saturated rings. The Bertz CT molecular complexity index is 651. The van der Waals surface area contributed by atoms with Gasteiger partial charge in [0.05, 0.1) is 0 Å². The highest BCUT2D eigenvalue weighted by Gasteiger charge is 2.35. The molecule has 2 aromatic rings. The fourth-order valence-corrected chi connectivity index (χ4v) is 3.04. The van der Waals surface area contributed by atoms with Crippen LogP contribution in [0.2, 0.25) is 0 Å². The van der Waals surface area contributed by atoms with Crippen LogP contribution in [0.3, 0.4) is 0 Å². The molecule has 0 amide bonds. The molecule has 0 heterocycles. The van der Waals surface area contributed by atoms with E-state index in [0.29, 0.717) is 0 Å². The van der Waals surface area contributed by atoms with Gasteiger partial charge in [0.1, 0.15) is 0 Å². The lowest BCUT2D eigenvalue weighted by molar-refractivity contribution is 0.660. The van der Waals surface area contributed by atoms with E-state index in [2.05, 4.69) is 58.0 Å². The van der Waals surface area contributed by atoms with Crippen LogP contribution in [-0.2, 0) is 5.41 Å². The predicted molar refractivity (Wildman–Crippen MR) is 77.9 cm³/mol. The Hall–Kier alpha value is -1.76. The van der Waals surface area contributed by atoms with Gasteiger partial charge in [-0.25, -0.2) is 0 Å². The molecule has 18 heavy (non-hydrogen) atoms. The fraction of sp³-hybridized carbons (Fsp3) is 0.294. The number of hydrogen-bond donors (Lipinski definition) is 1. The minimum absolute atomic E-state index is 0.0802. The van der Waals surface area contributed by atoms with Gasteiger partial charge in [-0.3, -0.25) is 0 Å². The Morgan fingerprint density at radius 1 is 0.889 bits per heavy atom. The molecular formula is C17H19N. The minimum Gasteiger partial charge on any atom is -0.398 e. The average molecular weight is 237 g/mol. The zero-order valence-corrected chi connectivity index (χ0v) is 11.5. The van der Waals surface area contributed by atoms with E-state index in [1.165, 1.54) is 33.4 Å². The predicted octanol–water partition coefficient (Wildman–Crippen LogP) is 4.19. The van der Waals surface area contributed by atoms with E-state index in [4.69, 9.17) is 5.73 Å². The lowest BCUT2D eigenvalue weighted by atomic mass is 9.82. The summed E-state index contributed by atoms with van der Waals surface area (Å²) in [6.07, 6.45) is 0. The lowest BCUT2D eigenvalue weighted by Gasteiger charge is -2.22. The summed E-state index contributed by atoms with van der Waals surface area (Å²) in [4.78, 5) is 0. The van der Waals surface area contributed by atoms with E-state index in [0.717, 1.165) is 5.69 Å². The van der Waals surface area contributed by atoms with E-state index in [1.54, 1.807) is 0 Å². The van der Waals surface area contributed by atoms with Gasteiger partial charge in [0.15, 0.2) is 0 Å². The zero-order valence-electron chi connectivity index (χ0n) is 11.5. The maximum atomic E-state index is 6.08. The Labute approximate surface area is 109 Å². The molecule has 0 aliphatic heterocycles. The van der Waals surface area contributed by atoms with Crippen molar-refractivity contribution in [3.8, 4) is 11.1 Å². The number of nitrogens with two attached hydrogens (primary N) is 1. The Kier molecular flexibility index (Phi) is 2.13. The molecule has 1 aliphatic carbocycles. The van der Waals surface area contributed by atoms with Crippen LogP contribution in [0.4, 0.5) is 5.69 Å². The fourth-order valence-electron chi connectivity index (χ4n) is 3.04. The highest BCUT2D eigenvalue weighted by Crippen LogP contribution is 2.49. The molecule has 1 heteroatoms. The molecule has 0 spiro atoms. The standard InChI is InChI=1S/C17H19N/c1-10-5-6-14-12(7-10)13-9-16(18)11(2)8-15(13)17(14,3)4/h5-9H,18H2,1-4H3. The monoisotopic (exact) mass is 237 g/mol. The van der Waals surface area contributed by atoms with Crippen LogP contribution in [0.5, 0.6) is 0 Å². The molecule has 0 unspecified atom stereocenters. The number of anilines is 1. The van der Waals surface area contributed by atoms with Crippen molar-refractivity contribution >= 4 is 5.69 Å². The summed E-state index contributed by atoms with van der Waals surface area (Å²) in [5, 5.41) is 0. The third-order valence-corrected chi connectivity index (χ3v) is 4.22. The van der Waals surface area contributed by atoms with Crippen LogP contribution in [0, 0.1) is 13.8 Å². The summed E-state index contributed by atoms with van der Waals surface area (Å²) in [6.45, 7) is 8.81. The Morgan fingerprint density at radius 3 is 2.28 bits per heavy atom. The van der Waals surface area contributed by atoms with Gasteiger partial charge in [0.2, 0.25) is 0 Å². The third kappa shape index (κ3) is 1.34. The first kappa shape index (κ1) is 11.3. The zero-order chi connectivity index (χ0) is 13.1. The SMILES string of the molecule is Cc1ccc2c(c1)-c1cc(N)c(C)cc1C2(C)C. The summed E-state index contributed by atoms with van der Waals surface area (Å²) in [7, 11) is 0. The van der Waals surface area contributed by atoms with Gasteiger partial charge in [-0.05, 0) is 47.7 Å². The largest absolute Gasteiger partial charge is 0.398 e. The van der Waals surface area contributed by atoms with Crippen molar-refractivity contribution in [1.82, 2.24) is 0 Å². The highest BCUT2D eigenvalue weighted by molar-refractivity contribution is 5.83. The van der Waals surface area contributed by atoms with Crippen LogP contribution in [0.25, 0.3) is 11.1 Å². The number of fused-ring (bicyclic) bond motifs is 3. The van der Waals surface area contributed by atoms with Gasteiger partial charge < -0.3 is 5.73 Å². The second-order valence-electron chi connectivity index (χ2n) is 5.93. The summed E-state index contributed by atoms with van der Waals surface area (Å²) >= 11 is 0. The molecule has 0 saturated heterocycles. The van der Waals surface area contributed by atoms with Gasteiger partial charge in [-0.15, -0.1) is 0 Å². The van der Waals surface area contributed by atoms with Crippen molar-refractivity contribution in [2.24, 2.45) is 0 Å². The molecule has 3 rings (SSSR count). The average Bonchev–Trinajstić information content (AvgIpc) is 2.50. The van der Waals surface area contributed by atoms with Crippen LogP contribution < -0.4 is 5.73 Å². The van der Waals surface area contributed by atoms with Crippen molar-refractivity contribution in [1.29, 1.82) is 0 Å². The summed E-state index contributed by atoms with van der Waals surface area (Å²) < 4.78 is 0. The normalized spacial score (nSPS) is 15.3. The molecule has 1 nitrogen and oxygen atoms in total. The molecule has 92 valence electrons. The Morgan fingerprint density at radius 2 is 1.56 bits per heavy atom. The Balaban J connectivity index is 2.40. The number of rotatable bonds is 0. The number of hydrogen-bond acceptors (Lipinski definition) is 1. The number of benzene rings is 2. The van der Waals surface area contributed by atoms with Crippen molar-refractivity contribution in [2.45, 2.75) is 33.1 Å². The van der Waals surface area contributed by atoms with Gasteiger partial charge >= 0.3 is 0 Å². The van der Waals surface area contributed by atoms with Gasteiger partial charge in [0, 0.05) is 11.1 Å². The van der Waals surface area contributed by atoms with Crippen LogP contribution in [-0.4, -0.2) is 0 Å².